The first kappa shape index (κ1) is 19.0. The zero-order valence-electron chi connectivity index (χ0n) is 15.7. The van der Waals surface area contributed by atoms with Gasteiger partial charge in [0.2, 0.25) is 4.77 Å². The van der Waals surface area contributed by atoms with Crippen LogP contribution in [0.15, 0.2) is 53.6 Å². The predicted octanol–water partition coefficient (Wildman–Crippen LogP) is 5.37. The summed E-state index contributed by atoms with van der Waals surface area (Å²) in [5.74, 6) is 1.57. The molecule has 6 heteroatoms. The van der Waals surface area contributed by atoms with Crippen LogP contribution in [-0.4, -0.2) is 27.7 Å². The molecule has 0 bridgehead atoms. The van der Waals surface area contributed by atoms with E-state index in [1.165, 1.54) is 18.4 Å². The fourth-order valence-electron chi connectivity index (χ4n) is 2.60. The van der Waals surface area contributed by atoms with Crippen molar-refractivity contribution in [3.8, 4) is 17.1 Å². The number of hydrogen-bond donors (Lipinski definition) is 1. The van der Waals surface area contributed by atoms with Gasteiger partial charge in [0, 0.05) is 5.56 Å². The number of hydrogen-bond acceptors (Lipinski definition) is 4. The Morgan fingerprint density at radius 1 is 1.11 bits per heavy atom. The highest BCUT2D eigenvalue weighted by atomic mass is 32.1. The molecule has 0 fully saturated rings. The highest BCUT2D eigenvalue weighted by molar-refractivity contribution is 7.71. The highest BCUT2D eigenvalue weighted by Gasteiger charge is 2.07. The van der Waals surface area contributed by atoms with Gasteiger partial charge in [-0.2, -0.15) is 14.9 Å². The van der Waals surface area contributed by atoms with Crippen LogP contribution in [-0.2, 0) is 0 Å². The molecule has 5 nitrogen and oxygen atoms in total. The zero-order valence-corrected chi connectivity index (χ0v) is 16.5. The zero-order chi connectivity index (χ0) is 19.1. The van der Waals surface area contributed by atoms with E-state index in [-0.39, 0.29) is 0 Å². The summed E-state index contributed by atoms with van der Waals surface area (Å²) in [4.78, 5) is 0. The minimum absolute atomic E-state index is 0.456. The third-order valence-corrected chi connectivity index (χ3v) is 4.44. The molecule has 0 atom stereocenters. The molecule has 0 saturated heterocycles. The average molecular weight is 381 g/mol. The summed E-state index contributed by atoms with van der Waals surface area (Å²) in [5.41, 5.74) is 3.12. The summed E-state index contributed by atoms with van der Waals surface area (Å²) in [6.07, 6.45) is 5.24. The lowest BCUT2D eigenvalue weighted by Crippen LogP contribution is -1.97. The fraction of sp³-hybridized carbons (Fsp3) is 0.286. The summed E-state index contributed by atoms with van der Waals surface area (Å²) >= 11 is 5.32. The van der Waals surface area contributed by atoms with Gasteiger partial charge in [0.15, 0.2) is 5.82 Å². The molecule has 0 aliphatic carbocycles. The molecular formula is C21H24N4OS. The van der Waals surface area contributed by atoms with Crippen LogP contribution in [0, 0.1) is 11.7 Å². The number of aromatic amines is 1. The van der Waals surface area contributed by atoms with Crippen LogP contribution in [0.25, 0.3) is 11.4 Å². The van der Waals surface area contributed by atoms with Crippen molar-refractivity contribution in [2.24, 2.45) is 5.10 Å². The van der Waals surface area contributed by atoms with Gasteiger partial charge in [0.05, 0.1) is 12.8 Å². The van der Waals surface area contributed by atoms with Crippen LogP contribution in [0.2, 0.25) is 0 Å². The maximum atomic E-state index is 5.74. The van der Waals surface area contributed by atoms with E-state index in [0.717, 1.165) is 29.9 Å². The van der Waals surface area contributed by atoms with E-state index in [9.17, 15) is 0 Å². The summed E-state index contributed by atoms with van der Waals surface area (Å²) in [5, 5.41) is 11.6. The maximum absolute atomic E-state index is 5.74. The summed E-state index contributed by atoms with van der Waals surface area (Å²) < 4.78 is 7.83. The van der Waals surface area contributed by atoms with Gasteiger partial charge < -0.3 is 4.74 Å². The quantitative estimate of drug-likeness (QED) is 0.325. The van der Waals surface area contributed by atoms with Crippen molar-refractivity contribution >= 4 is 18.4 Å². The molecular weight excluding hydrogens is 356 g/mol. The van der Waals surface area contributed by atoms with E-state index >= 15 is 0 Å². The molecule has 1 N–H and O–H groups in total. The van der Waals surface area contributed by atoms with Crippen molar-refractivity contribution in [3.05, 3.63) is 64.4 Å². The number of H-pyrrole nitrogens is 1. The molecule has 0 unspecified atom stereocenters. The van der Waals surface area contributed by atoms with Gasteiger partial charge in [-0.05, 0) is 55.4 Å². The Morgan fingerprint density at radius 3 is 2.56 bits per heavy atom. The largest absolute Gasteiger partial charge is 0.494 e. The molecule has 0 spiro atoms. The molecule has 2 aromatic carbocycles. The third-order valence-electron chi connectivity index (χ3n) is 4.18. The van der Waals surface area contributed by atoms with Crippen molar-refractivity contribution in [1.29, 1.82) is 0 Å². The number of benzene rings is 2. The molecule has 0 radical (unpaired) electrons. The smallest absolute Gasteiger partial charge is 0.216 e. The molecule has 3 rings (SSSR count). The molecule has 1 aromatic heterocycles. The number of nitrogens with one attached hydrogen (secondary N) is 1. The Bertz CT molecular complexity index is 940. The Morgan fingerprint density at radius 2 is 1.85 bits per heavy atom. The fourth-order valence-corrected chi connectivity index (χ4v) is 2.78. The summed E-state index contributed by atoms with van der Waals surface area (Å²) in [7, 11) is 0. The summed E-state index contributed by atoms with van der Waals surface area (Å²) in [6.45, 7) is 4.99. The topological polar surface area (TPSA) is 55.2 Å². The van der Waals surface area contributed by atoms with Crippen LogP contribution in [0.5, 0.6) is 5.75 Å². The first-order chi connectivity index (χ1) is 13.2. The lowest BCUT2D eigenvalue weighted by atomic mass is 10.1. The lowest BCUT2D eigenvalue weighted by Gasteiger charge is -2.05. The van der Waals surface area contributed by atoms with Crippen LogP contribution in [0.1, 0.15) is 37.3 Å². The monoisotopic (exact) mass is 380 g/mol. The van der Waals surface area contributed by atoms with E-state index < -0.39 is 0 Å². The molecule has 140 valence electrons. The maximum Gasteiger partial charge on any atom is 0.216 e. The highest BCUT2D eigenvalue weighted by Crippen LogP contribution is 2.18. The number of aryl methyl sites for hydroxylation is 1. The molecule has 0 amide bonds. The van der Waals surface area contributed by atoms with Gasteiger partial charge in [-0.3, -0.25) is 0 Å². The van der Waals surface area contributed by atoms with Crippen molar-refractivity contribution in [2.75, 3.05) is 6.61 Å². The molecule has 1 heterocycles. The molecule has 27 heavy (non-hydrogen) atoms. The van der Waals surface area contributed by atoms with Crippen LogP contribution >= 0.6 is 12.2 Å². The minimum atomic E-state index is 0.456. The number of unbranched alkanes of at least 4 members (excludes halogenated alkanes) is 2. The Labute approximate surface area is 164 Å². The van der Waals surface area contributed by atoms with Crippen LogP contribution < -0.4 is 4.74 Å². The van der Waals surface area contributed by atoms with Gasteiger partial charge in [0.1, 0.15) is 5.75 Å². The predicted molar refractivity (Wildman–Crippen MR) is 112 cm³/mol. The van der Waals surface area contributed by atoms with E-state index in [1.807, 2.05) is 48.5 Å². The number of ether oxygens (including phenoxy) is 1. The third kappa shape index (κ3) is 5.14. The van der Waals surface area contributed by atoms with Gasteiger partial charge in [-0.15, -0.1) is 0 Å². The number of rotatable bonds is 8. The van der Waals surface area contributed by atoms with Gasteiger partial charge >= 0.3 is 0 Å². The molecule has 3 aromatic rings. The molecule has 0 aliphatic heterocycles. The molecule has 0 saturated carbocycles. The van der Waals surface area contributed by atoms with E-state index in [1.54, 1.807) is 10.9 Å². The van der Waals surface area contributed by atoms with Gasteiger partial charge in [-0.1, -0.05) is 49.6 Å². The Hall–Kier alpha value is -2.73. The SMILES string of the molecule is CCCCCOc1ccc(C=Nn2c(-c3ccc(C)cc3)n[nH]c2=S)cc1. The summed E-state index contributed by atoms with van der Waals surface area (Å²) in [6, 6.07) is 16.0. The first-order valence-electron chi connectivity index (χ1n) is 9.19. The average Bonchev–Trinajstić information content (AvgIpc) is 3.06. The van der Waals surface area contributed by atoms with Crippen molar-refractivity contribution in [1.82, 2.24) is 14.9 Å². The normalized spacial score (nSPS) is 11.2. The van der Waals surface area contributed by atoms with E-state index in [0.29, 0.717) is 10.6 Å². The minimum Gasteiger partial charge on any atom is -0.494 e. The standard InChI is InChI=1S/C21H24N4OS/c1-3-4-5-14-26-19-12-8-17(9-13-19)15-22-25-20(23-24-21(25)27)18-10-6-16(2)7-11-18/h6-13,15H,3-5,14H2,1-2H3,(H,24,27). The lowest BCUT2D eigenvalue weighted by molar-refractivity contribution is 0.306. The van der Waals surface area contributed by atoms with Gasteiger partial charge in [-0.25, -0.2) is 5.10 Å². The van der Waals surface area contributed by atoms with Crippen molar-refractivity contribution in [2.45, 2.75) is 33.1 Å². The Balaban J connectivity index is 1.72. The van der Waals surface area contributed by atoms with Crippen LogP contribution in [0.4, 0.5) is 0 Å². The second-order valence-electron chi connectivity index (χ2n) is 6.40. The van der Waals surface area contributed by atoms with Crippen molar-refractivity contribution < 1.29 is 4.74 Å². The van der Waals surface area contributed by atoms with E-state index in [2.05, 4.69) is 29.1 Å². The second-order valence-corrected chi connectivity index (χ2v) is 6.79. The first-order valence-corrected chi connectivity index (χ1v) is 9.60. The van der Waals surface area contributed by atoms with Gasteiger partial charge in [0.25, 0.3) is 0 Å². The number of aromatic nitrogens is 3. The second kappa shape index (κ2) is 9.28. The Kier molecular flexibility index (Phi) is 6.54. The molecule has 0 aliphatic rings. The number of nitrogens with zero attached hydrogens (tertiary/aromatic N) is 3. The van der Waals surface area contributed by atoms with E-state index in [4.69, 9.17) is 17.0 Å². The van der Waals surface area contributed by atoms with Crippen molar-refractivity contribution in [3.63, 3.8) is 0 Å². The van der Waals surface area contributed by atoms with Crippen LogP contribution in [0.3, 0.4) is 0 Å².